The first-order chi connectivity index (χ1) is 12.1. The van der Waals surface area contributed by atoms with Crippen molar-refractivity contribution < 1.29 is 14.7 Å². The second kappa shape index (κ2) is 7.38. The van der Waals surface area contributed by atoms with Crippen LogP contribution in [0.2, 0.25) is 0 Å². The van der Waals surface area contributed by atoms with E-state index in [0.29, 0.717) is 31.6 Å². The minimum absolute atomic E-state index is 0.0282. The van der Waals surface area contributed by atoms with Crippen molar-refractivity contribution >= 4 is 11.8 Å². The Hall–Kier alpha value is -2.82. The van der Waals surface area contributed by atoms with Crippen molar-refractivity contribution in [1.29, 1.82) is 0 Å². The zero-order valence-corrected chi connectivity index (χ0v) is 14.2. The number of amides is 2. The van der Waals surface area contributed by atoms with Gasteiger partial charge in [0.15, 0.2) is 0 Å². The van der Waals surface area contributed by atoms with Crippen LogP contribution in [0.3, 0.4) is 0 Å². The number of phenolic OH excluding ortho intramolecular Hbond substituents is 1. The molecule has 5 heteroatoms. The van der Waals surface area contributed by atoms with Crippen LogP contribution in [0.25, 0.3) is 11.1 Å². The Bertz CT molecular complexity index is 754. The largest absolute Gasteiger partial charge is 0.508 e. The first kappa shape index (κ1) is 17.0. The van der Waals surface area contributed by atoms with E-state index in [9.17, 15) is 14.7 Å². The number of aromatic hydroxyl groups is 1. The molecule has 25 heavy (non-hydrogen) atoms. The molecule has 0 aliphatic carbocycles. The highest BCUT2D eigenvalue weighted by Crippen LogP contribution is 2.24. The molecular formula is C20H22N2O3. The molecule has 2 aromatic carbocycles. The molecule has 2 N–H and O–H groups in total. The molecule has 0 aromatic heterocycles. The van der Waals surface area contributed by atoms with Crippen molar-refractivity contribution in [3.05, 3.63) is 54.1 Å². The van der Waals surface area contributed by atoms with Gasteiger partial charge in [-0.05, 0) is 48.7 Å². The molecule has 1 unspecified atom stereocenters. The molecule has 1 aliphatic rings. The summed E-state index contributed by atoms with van der Waals surface area (Å²) < 4.78 is 0. The van der Waals surface area contributed by atoms with Gasteiger partial charge >= 0.3 is 0 Å². The van der Waals surface area contributed by atoms with Gasteiger partial charge in [0.1, 0.15) is 5.75 Å². The number of hydrogen-bond acceptors (Lipinski definition) is 3. The normalized spacial score (nSPS) is 16.7. The van der Waals surface area contributed by atoms with Crippen LogP contribution in [0, 0.1) is 5.92 Å². The topological polar surface area (TPSA) is 69.6 Å². The van der Waals surface area contributed by atoms with Crippen LogP contribution in [0.15, 0.2) is 48.5 Å². The van der Waals surface area contributed by atoms with Crippen LogP contribution in [0.4, 0.5) is 0 Å². The van der Waals surface area contributed by atoms with E-state index in [1.807, 2.05) is 43.3 Å². The maximum Gasteiger partial charge on any atom is 0.253 e. The standard InChI is InChI=1S/C20H22N2O3/c1-2-21-19(24)17-11-12-22(13-17)20(25)16-5-3-14(4-6-16)15-7-9-18(23)10-8-15/h3-10,17,23H,2,11-13H2,1H3,(H,21,24). The lowest BCUT2D eigenvalue weighted by atomic mass is 10.0. The monoisotopic (exact) mass is 338 g/mol. The lowest BCUT2D eigenvalue weighted by molar-refractivity contribution is -0.124. The highest BCUT2D eigenvalue weighted by molar-refractivity contribution is 5.95. The molecule has 2 amide bonds. The highest BCUT2D eigenvalue weighted by atomic mass is 16.3. The van der Waals surface area contributed by atoms with Gasteiger partial charge in [0.05, 0.1) is 5.92 Å². The maximum absolute atomic E-state index is 12.6. The first-order valence-corrected chi connectivity index (χ1v) is 8.55. The molecule has 1 fully saturated rings. The van der Waals surface area contributed by atoms with E-state index in [0.717, 1.165) is 11.1 Å². The summed E-state index contributed by atoms with van der Waals surface area (Å²) in [6.07, 6.45) is 0.711. The van der Waals surface area contributed by atoms with Gasteiger partial charge in [-0.1, -0.05) is 24.3 Å². The van der Waals surface area contributed by atoms with Crippen LogP contribution in [0.5, 0.6) is 5.75 Å². The molecule has 130 valence electrons. The van der Waals surface area contributed by atoms with Crippen molar-refractivity contribution in [1.82, 2.24) is 10.2 Å². The van der Waals surface area contributed by atoms with Crippen LogP contribution in [-0.4, -0.2) is 41.5 Å². The van der Waals surface area contributed by atoms with Crippen LogP contribution < -0.4 is 5.32 Å². The third-order valence-corrected chi connectivity index (χ3v) is 4.53. The quantitative estimate of drug-likeness (QED) is 0.900. The SMILES string of the molecule is CCNC(=O)C1CCN(C(=O)c2ccc(-c3ccc(O)cc3)cc2)C1. The molecular weight excluding hydrogens is 316 g/mol. The molecule has 3 rings (SSSR count). The second-order valence-corrected chi connectivity index (χ2v) is 6.26. The predicted molar refractivity (Wildman–Crippen MR) is 96.2 cm³/mol. The number of phenols is 1. The molecule has 2 aromatic rings. The van der Waals surface area contributed by atoms with Gasteiger partial charge in [-0.15, -0.1) is 0 Å². The number of nitrogens with one attached hydrogen (secondary N) is 1. The van der Waals surface area contributed by atoms with E-state index in [1.54, 1.807) is 17.0 Å². The van der Waals surface area contributed by atoms with Gasteiger partial charge in [0.25, 0.3) is 5.91 Å². The Labute approximate surface area is 147 Å². The molecule has 0 spiro atoms. The highest BCUT2D eigenvalue weighted by Gasteiger charge is 2.31. The van der Waals surface area contributed by atoms with Crippen LogP contribution in [0.1, 0.15) is 23.7 Å². The number of carbonyl (C=O) groups is 2. The van der Waals surface area contributed by atoms with E-state index in [4.69, 9.17) is 0 Å². The minimum Gasteiger partial charge on any atom is -0.508 e. The van der Waals surface area contributed by atoms with Crippen molar-refractivity contribution in [3.8, 4) is 16.9 Å². The van der Waals surface area contributed by atoms with E-state index in [-0.39, 0.29) is 23.5 Å². The zero-order valence-electron chi connectivity index (χ0n) is 14.2. The fraction of sp³-hybridized carbons (Fsp3) is 0.300. The summed E-state index contributed by atoms with van der Waals surface area (Å²) in [6, 6.07) is 14.4. The lowest BCUT2D eigenvalue weighted by Crippen LogP contribution is -2.34. The second-order valence-electron chi connectivity index (χ2n) is 6.26. The summed E-state index contributed by atoms with van der Waals surface area (Å²) in [5.74, 6) is 0.107. The van der Waals surface area contributed by atoms with Crippen molar-refractivity contribution in [2.75, 3.05) is 19.6 Å². The number of carbonyl (C=O) groups excluding carboxylic acids is 2. The van der Waals surface area contributed by atoms with Gasteiger partial charge in [0, 0.05) is 25.2 Å². The average Bonchev–Trinajstić information content (AvgIpc) is 3.12. The lowest BCUT2D eigenvalue weighted by Gasteiger charge is -2.16. The summed E-state index contributed by atoms with van der Waals surface area (Å²) in [5, 5.41) is 12.2. The van der Waals surface area contributed by atoms with E-state index < -0.39 is 0 Å². The molecule has 0 saturated carbocycles. The first-order valence-electron chi connectivity index (χ1n) is 8.55. The summed E-state index contributed by atoms with van der Waals surface area (Å²) in [4.78, 5) is 26.3. The Morgan fingerprint density at radius 1 is 1.08 bits per heavy atom. The van der Waals surface area contributed by atoms with Gasteiger partial charge in [0.2, 0.25) is 5.91 Å². The van der Waals surface area contributed by atoms with E-state index in [2.05, 4.69) is 5.32 Å². The summed E-state index contributed by atoms with van der Waals surface area (Å²) in [7, 11) is 0. The maximum atomic E-state index is 12.6. The summed E-state index contributed by atoms with van der Waals surface area (Å²) in [6.45, 7) is 3.60. The Kier molecular flexibility index (Phi) is 5.03. The van der Waals surface area contributed by atoms with Crippen LogP contribution in [-0.2, 0) is 4.79 Å². The molecule has 1 atom stereocenters. The summed E-state index contributed by atoms with van der Waals surface area (Å²) >= 11 is 0. The van der Waals surface area contributed by atoms with Crippen molar-refractivity contribution in [2.45, 2.75) is 13.3 Å². The average molecular weight is 338 g/mol. The minimum atomic E-state index is -0.111. The zero-order chi connectivity index (χ0) is 17.8. The third kappa shape index (κ3) is 3.82. The van der Waals surface area contributed by atoms with Crippen molar-refractivity contribution in [3.63, 3.8) is 0 Å². The van der Waals surface area contributed by atoms with Gasteiger partial charge in [-0.2, -0.15) is 0 Å². The molecule has 5 nitrogen and oxygen atoms in total. The fourth-order valence-corrected chi connectivity index (χ4v) is 3.12. The smallest absolute Gasteiger partial charge is 0.253 e. The fourth-order valence-electron chi connectivity index (χ4n) is 3.12. The van der Waals surface area contributed by atoms with E-state index in [1.165, 1.54) is 0 Å². The number of benzene rings is 2. The summed E-state index contributed by atoms with van der Waals surface area (Å²) in [5.41, 5.74) is 2.59. The Balaban J connectivity index is 1.67. The predicted octanol–water partition coefficient (Wildman–Crippen LogP) is 2.66. The van der Waals surface area contributed by atoms with E-state index >= 15 is 0 Å². The molecule has 1 saturated heterocycles. The number of nitrogens with zero attached hydrogens (tertiary/aromatic N) is 1. The Morgan fingerprint density at radius 3 is 2.28 bits per heavy atom. The number of likely N-dealkylation sites (tertiary alicyclic amines) is 1. The number of hydrogen-bond donors (Lipinski definition) is 2. The van der Waals surface area contributed by atoms with Crippen molar-refractivity contribution in [2.24, 2.45) is 5.92 Å². The molecule has 1 heterocycles. The van der Waals surface area contributed by atoms with Crippen LogP contribution >= 0.6 is 0 Å². The van der Waals surface area contributed by atoms with Gasteiger partial charge < -0.3 is 15.3 Å². The Morgan fingerprint density at radius 2 is 1.68 bits per heavy atom. The molecule has 1 aliphatic heterocycles. The third-order valence-electron chi connectivity index (χ3n) is 4.53. The number of rotatable bonds is 4. The molecule has 0 bridgehead atoms. The van der Waals surface area contributed by atoms with Gasteiger partial charge in [-0.3, -0.25) is 9.59 Å². The molecule has 0 radical (unpaired) electrons. The van der Waals surface area contributed by atoms with Gasteiger partial charge in [-0.25, -0.2) is 0 Å².